The van der Waals surface area contributed by atoms with E-state index in [0.29, 0.717) is 24.8 Å². The lowest BCUT2D eigenvalue weighted by Crippen LogP contribution is -2.64. The predicted molar refractivity (Wildman–Crippen MR) is 119 cm³/mol. The van der Waals surface area contributed by atoms with Crippen LogP contribution < -0.4 is 0 Å². The van der Waals surface area contributed by atoms with Crippen molar-refractivity contribution < 1.29 is 38.8 Å². The Morgan fingerprint density at radius 1 is 1.24 bits per heavy atom. The van der Waals surface area contributed by atoms with Crippen LogP contribution in [0.1, 0.15) is 53.9 Å². The summed E-state index contributed by atoms with van der Waals surface area (Å²) in [4.78, 5) is 36.6. The van der Waals surface area contributed by atoms with Crippen LogP contribution in [0.15, 0.2) is 23.3 Å². The Kier molecular flexibility index (Phi) is 7.32. The van der Waals surface area contributed by atoms with E-state index in [9.17, 15) is 24.6 Å². The zero-order valence-electron chi connectivity index (χ0n) is 19.7. The van der Waals surface area contributed by atoms with Crippen LogP contribution >= 0.6 is 11.6 Å². The molecule has 8 atom stereocenters. The highest BCUT2D eigenvalue weighted by molar-refractivity contribution is 6.19. The van der Waals surface area contributed by atoms with E-state index in [0.717, 1.165) is 5.57 Å². The highest BCUT2D eigenvalue weighted by Crippen LogP contribution is 2.54. The molecule has 0 bridgehead atoms. The molecule has 184 valence electrons. The lowest BCUT2D eigenvalue weighted by atomic mass is 9.56. The van der Waals surface area contributed by atoms with Crippen LogP contribution in [0.2, 0.25) is 0 Å². The highest BCUT2D eigenvalue weighted by Gasteiger charge is 2.65. The summed E-state index contributed by atoms with van der Waals surface area (Å²) in [7, 11) is 0. The van der Waals surface area contributed by atoms with Crippen molar-refractivity contribution in [2.75, 3.05) is 5.88 Å². The standard InChI is InChI=1S/C24H33ClO8/c1-12-6-8-17(31-14(3)26)23(5)18(32-15(4)27)9-7-16(11-25)10-19-24(30,21(28)20(12)23)13(2)22(29)33-19/h6,10,13,17-21,28,30H,7-9,11H2,1-5H3/b16-10-/t13-,17-,18+,19-,20+,21+,23+,24-/m0/s1. The maximum absolute atomic E-state index is 12.5. The van der Waals surface area contributed by atoms with Gasteiger partial charge in [-0.2, -0.15) is 0 Å². The zero-order chi connectivity index (χ0) is 24.7. The fourth-order valence-corrected chi connectivity index (χ4v) is 6.00. The number of rotatable bonds is 3. The number of halogens is 1. The Bertz CT molecular complexity index is 882. The number of fused-ring (bicyclic) bond motifs is 2. The number of hydrogen-bond acceptors (Lipinski definition) is 8. The Labute approximate surface area is 198 Å². The lowest BCUT2D eigenvalue weighted by Gasteiger charge is -2.54. The van der Waals surface area contributed by atoms with Gasteiger partial charge in [-0.3, -0.25) is 14.4 Å². The summed E-state index contributed by atoms with van der Waals surface area (Å²) in [6.45, 7) is 7.72. The summed E-state index contributed by atoms with van der Waals surface area (Å²) in [5, 5.41) is 23.6. The van der Waals surface area contributed by atoms with Crippen LogP contribution in [0.5, 0.6) is 0 Å². The largest absolute Gasteiger partial charge is 0.462 e. The monoisotopic (exact) mass is 484 g/mol. The third kappa shape index (κ3) is 4.33. The maximum atomic E-state index is 12.5. The molecule has 2 N–H and O–H groups in total. The minimum absolute atomic E-state index is 0.105. The molecule has 3 rings (SSSR count). The predicted octanol–water partition coefficient (Wildman–Crippen LogP) is 2.43. The van der Waals surface area contributed by atoms with Crippen molar-refractivity contribution in [3.05, 3.63) is 23.3 Å². The molecule has 3 aliphatic rings. The van der Waals surface area contributed by atoms with E-state index in [1.165, 1.54) is 20.8 Å². The fourth-order valence-electron chi connectivity index (χ4n) is 5.78. The van der Waals surface area contributed by atoms with Gasteiger partial charge in [0.25, 0.3) is 0 Å². The first-order valence-corrected chi connectivity index (χ1v) is 11.8. The molecule has 0 aromatic carbocycles. The Hall–Kier alpha value is -1.90. The number of hydrogen-bond donors (Lipinski definition) is 2. The van der Waals surface area contributed by atoms with Crippen molar-refractivity contribution in [2.45, 2.75) is 83.9 Å². The number of carbonyl (C=O) groups excluding carboxylic acids is 3. The first kappa shape index (κ1) is 25.7. The number of carbonyl (C=O) groups is 3. The third-order valence-electron chi connectivity index (χ3n) is 7.64. The van der Waals surface area contributed by atoms with Gasteiger partial charge in [-0.25, -0.2) is 0 Å². The molecular formula is C24H33ClO8. The average Bonchev–Trinajstić information content (AvgIpc) is 2.95. The molecule has 0 saturated carbocycles. The molecular weight excluding hydrogens is 452 g/mol. The first-order valence-electron chi connectivity index (χ1n) is 11.2. The molecule has 0 unspecified atom stereocenters. The van der Waals surface area contributed by atoms with Gasteiger partial charge in [0, 0.05) is 32.1 Å². The third-order valence-corrected chi connectivity index (χ3v) is 7.98. The summed E-state index contributed by atoms with van der Waals surface area (Å²) < 4.78 is 16.9. The summed E-state index contributed by atoms with van der Waals surface area (Å²) in [6, 6.07) is 0. The van der Waals surface area contributed by atoms with Gasteiger partial charge >= 0.3 is 17.9 Å². The fraction of sp³-hybridized carbons (Fsp3) is 0.708. The summed E-state index contributed by atoms with van der Waals surface area (Å²) >= 11 is 6.15. The molecule has 1 aliphatic heterocycles. The smallest absolute Gasteiger partial charge is 0.312 e. The molecule has 8 nitrogen and oxygen atoms in total. The van der Waals surface area contributed by atoms with Crippen molar-refractivity contribution in [1.29, 1.82) is 0 Å². The molecule has 0 spiro atoms. The van der Waals surface area contributed by atoms with Crippen molar-refractivity contribution in [3.8, 4) is 0 Å². The van der Waals surface area contributed by atoms with E-state index in [1.807, 2.05) is 13.0 Å². The number of aliphatic hydroxyl groups excluding tert-OH is 1. The van der Waals surface area contributed by atoms with Gasteiger partial charge < -0.3 is 24.4 Å². The van der Waals surface area contributed by atoms with Crippen molar-refractivity contribution in [3.63, 3.8) is 0 Å². The Morgan fingerprint density at radius 2 is 1.85 bits per heavy atom. The topological polar surface area (TPSA) is 119 Å². The Balaban J connectivity index is 2.26. The van der Waals surface area contributed by atoms with Gasteiger partial charge in [0.15, 0.2) is 6.10 Å². The van der Waals surface area contributed by atoms with E-state index in [4.69, 9.17) is 25.8 Å². The van der Waals surface area contributed by atoms with E-state index in [1.54, 1.807) is 13.0 Å². The molecule has 0 aromatic rings. The minimum atomic E-state index is -1.97. The number of aliphatic hydroxyl groups is 2. The SMILES string of the molecule is CC(=O)O[C@H]1CC=C(C)[C@@H]2[C@@H](O)[C@@]3(O)[C@H](/C=C(\CCl)CC[C@@H](OC(C)=O)[C@@]12C)OC(=O)[C@@H]3C. The normalized spacial score (nSPS) is 42.6. The average molecular weight is 485 g/mol. The van der Waals surface area contributed by atoms with Crippen LogP contribution in [0.25, 0.3) is 0 Å². The van der Waals surface area contributed by atoms with Crippen LogP contribution in [-0.2, 0) is 28.6 Å². The molecule has 2 aliphatic carbocycles. The number of ether oxygens (including phenoxy) is 3. The molecule has 1 saturated heterocycles. The highest BCUT2D eigenvalue weighted by atomic mass is 35.5. The molecule has 1 fully saturated rings. The van der Waals surface area contributed by atoms with Crippen LogP contribution in [0.4, 0.5) is 0 Å². The quantitative estimate of drug-likeness (QED) is 0.271. The van der Waals surface area contributed by atoms with Gasteiger partial charge in [0.2, 0.25) is 0 Å². The maximum Gasteiger partial charge on any atom is 0.312 e. The molecule has 0 radical (unpaired) electrons. The van der Waals surface area contributed by atoms with Gasteiger partial charge in [0.05, 0.1) is 17.4 Å². The van der Waals surface area contributed by atoms with Crippen molar-refractivity contribution in [2.24, 2.45) is 17.3 Å². The van der Waals surface area contributed by atoms with Crippen LogP contribution in [0.3, 0.4) is 0 Å². The second-order valence-electron chi connectivity index (χ2n) is 9.63. The minimum Gasteiger partial charge on any atom is -0.462 e. The summed E-state index contributed by atoms with van der Waals surface area (Å²) in [5.74, 6) is -3.36. The van der Waals surface area contributed by atoms with E-state index in [2.05, 4.69) is 0 Å². The van der Waals surface area contributed by atoms with E-state index >= 15 is 0 Å². The number of esters is 3. The molecule has 9 heteroatoms. The van der Waals surface area contributed by atoms with Gasteiger partial charge in [-0.1, -0.05) is 24.1 Å². The molecule has 1 heterocycles. The lowest BCUT2D eigenvalue weighted by molar-refractivity contribution is -0.205. The van der Waals surface area contributed by atoms with Crippen LogP contribution in [-0.4, -0.2) is 64.0 Å². The van der Waals surface area contributed by atoms with Gasteiger partial charge in [0.1, 0.15) is 17.8 Å². The number of allylic oxidation sites excluding steroid dienone is 1. The summed E-state index contributed by atoms with van der Waals surface area (Å²) in [6.07, 6.45) is 0.451. The Morgan fingerprint density at radius 3 is 2.42 bits per heavy atom. The molecule has 33 heavy (non-hydrogen) atoms. The summed E-state index contributed by atoms with van der Waals surface area (Å²) in [5.41, 5.74) is -1.64. The van der Waals surface area contributed by atoms with Crippen LogP contribution in [0, 0.1) is 17.3 Å². The van der Waals surface area contributed by atoms with Crippen molar-refractivity contribution in [1.82, 2.24) is 0 Å². The van der Waals surface area contributed by atoms with Gasteiger partial charge in [-0.05, 0) is 32.8 Å². The second kappa shape index (κ2) is 9.39. The first-order chi connectivity index (χ1) is 15.4. The molecule has 0 amide bonds. The second-order valence-corrected chi connectivity index (χ2v) is 9.90. The van der Waals surface area contributed by atoms with Crippen molar-refractivity contribution >= 4 is 29.5 Å². The zero-order valence-corrected chi connectivity index (χ0v) is 20.4. The van der Waals surface area contributed by atoms with Gasteiger partial charge in [-0.15, -0.1) is 11.6 Å². The van der Waals surface area contributed by atoms with E-state index in [-0.39, 0.29) is 5.88 Å². The molecule has 0 aromatic heterocycles. The van der Waals surface area contributed by atoms with E-state index < -0.39 is 65.2 Å². The number of alkyl halides is 1.